The molecule has 1 aromatic heterocycles. The summed E-state index contributed by atoms with van der Waals surface area (Å²) in [4.78, 5) is 26.1. The molecule has 1 amide bonds. The molecular weight excluding hydrogens is 404 g/mol. The first-order valence-corrected chi connectivity index (χ1v) is 10.9. The van der Waals surface area contributed by atoms with E-state index in [1.54, 1.807) is 16.5 Å². The minimum Gasteiger partial charge on any atom is -0.489 e. The zero-order chi connectivity index (χ0) is 22.5. The number of benzene rings is 2. The second-order valence-corrected chi connectivity index (χ2v) is 8.19. The maximum atomic E-state index is 12.5. The van der Waals surface area contributed by atoms with Crippen molar-refractivity contribution in [3.63, 3.8) is 0 Å². The summed E-state index contributed by atoms with van der Waals surface area (Å²) >= 11 is 0. The van der Waals surface area contributed by atoms with E-state index in [0.717, 1.165) is 22.6 Å². The Morgan fingerprint density at radius 2 is 1.69 bits per heavy atom. The van der Waals surface area contributed by atoms with Gasteiger partial charge in [-0.2, -0.15) is 0 Å². The first-order chi connectivity index (χ1) is 15.5. The molecule has 0 spiro atoms. The first-order valence-electron chi connectivity index (χ1n) is 10.9. The maximum absolute atomic E-state index is 12.5. The zero-order valence-electron chi connectivity index (χ0n) is 18.5. The number of rotatable bonds is 8. The molecule has 0 atom stereocenters. The van der Waals surface area contributed by atoms with Gasteiger partial charge in [-0.3, -0.25) is 9.59 Å². The third-order valence-electron chi connectivity index (χ3n) is 5.78. The number of carbonyl (C=O) groups excluding carboxylic acids is 1. The van der Waals surface area contributed by atoms with Crippen molar-refractivity contribution < 1.29 is 14.3 Å². The van der Waals surface area contributed by atoms with Crippen molar-refractivity contribution in [3.8, 4) is 11.5 Å². The Balaban J connectivity index is 1.19. The molecule has 0 radical (unpaired) electrons. The molecule has 166 valence electrons. The molecule has 0 bridgehead atoms. The SMILES string of the molecule is Cc1cc(OC2CN(C(=O)CCc3ccc(OCc4ccccc4)cc3)C2)cc(=O)n1C. The second kappa shape index (κ2) is 9.73. The van der Waals surface area contributed by atoms with E-state index in [9.17, 15) is 9.59 Å². The summed E-state index contributed by atoms with van der Waals surface area (Å²) in [5, 5.41) is 0. The van der Waals surface area contributed by atoms with E-state index in [1.165, 1.54) is 6.07 Å². The van der Waals surface area contributed by atoms with Crippen molar-refractivity contribution in [3.05, 3.63) is 93.9 Å². The van der Waals surface area contributed by atoms with Crippen LogP contribution in [-0.4, -0.2) is 34.6 Å². The van der Waals surface area contributed by atoms with Gasteiger partial charge in [0.05, 0.1) is 13.1 Å². The standard InChI is InChI=1S/C26H28N2O4/c1-19-14-23(15-26(30)27(19)2)32-24-16-28(17-24)25(29)13-10-20-8-11-22(12-9-20)31-18-21-6-4-3-5-7-21/h3-9,11-12,14-15,24H,10,13,16-18H2,1-2H3. The largest absolute Gasteiger partial charge is 0.489 e. The van der Waals surface area contributed by atoms with Gasteiger partial charge in [0.15, 0.2) is 0 Å². The van der Waals surface area contributed by atoms with Crippen LogP contribution in [-0.2, 0) is 24.9 Å². The summed E-state index contributed by atoms with van der Waals surface area (Å²) in [5.74, 6) is 1.50. The zero-order valence-corrected chi connectivity index (χ0v) is 18.5. The van der Waals surface area contributed by atoms with Gasteiger partial charge < -0.3 is 18.9 Å². The van der Waals surface area contributed by atoms with Crippen LogP contribution in [0.5, 0.6) is 11.5 Å². The van der Waals surface area contributed by atoms with Gasteiger partial charge in [-0.05, 0) is 42.7 Å². The fourth-order valence-electron chi connectivity index (χ4n) is 3.62. The van der Waals surface area contributed by atoms with Crippen molar-refractivity contribution in [2.75, 3.05) is 13.1 Å². The molecule has 1 aliphatic rings. The normalized spacial score (nSPS) is 13.5. The van der Waals surface area contributed by atoms with Crippen molar-refractivity contribution in [1.82, 2.24) is 9.47 Å². The predicted octanol–water partition coefficient (Wildman–Crippen LogP) is 3.50. The van der Waals surface area contributed by atoms with E-state index in [1.807, 2.05) is 67.6 Å². The van der Waals surface area contributed by atoms with Crippen molar-refractivity contribution >= 4 is 5.91 Å². The van der Waals surface area contributed by atoms with Crippen molar-refractivity contribution in [2.45, 2.75) is 32.5 Å². The van der Waals surface area contributed by atoms with Gasteiger partial charge in [-0.15, -0.1) is 0 Å². The Morgan fingerprint density at radius 1 is 0.969 bits per heavy atom. The number of amides is 1. The van der Waals surface area contributed by atoms with Crippen LogP contribution >= 0.6 is 0 Å². The summed E-state index contributed by atoms with van der Waals surface area (Å²) in [6.45, 7) is 3.51. The lowest BCUT2D eigenvalue weighted by Crippen LogP contribution is -2.56. The second-order valence-electron chi connectivity index (χ2n) is 8.19. The first kappa shape index (κ1) is 21.7. The highest BCUT2D eigenvalue weighted by Gasteiger charge is 2.32. The Bertz CT molecular complexity index is 1120. The molecule has 0 saturated carbocycles. The number of ether oxygens (including phenoxy) is 2. The van der Waals surface area contributed by atoms with E-state index in [4.69, 9.17) is 9.47 Å². The molecule has 2 aromatic carbocycles. The van der Waals surface area contributed by atoms with Crippen LogP contribution < -0.4 is 15.0 Å². The van der Waals surface area contributed by atoms with Gasteiger partial charge in [0, 0.05) is 25.2 Å². The highest BCUT2D eigenvalue weighted by atomic mass is 16.5. The van der Waals surface area contributed by atoms with Crippen molar-refractivity contribution in [1.29, 1.82) is 0 Å². The molecule has 4 rings (SSSR count). The molecule has 0 aliphatic carbocycles. The van der Waals surface area contributed by atoms with Crippen molar-refractivity contribution in [2.24, 2.45) is 7.05 Å². The Morgan fingerprint density at radius 3 is 2.38 bits per heavy atom. The van der Waals surface area contributed by atoms with Crippen LogP contribution in [0.1, 0.15) is 23.2 Å². The molecular formula is C26H28N2O4. The smallest absolute Gasteiger partial charge is 0.254 e. The molecule has 32 heavy (non-hydrogen) atoms. The van der Waals surface area contributed by atoms with Gasteiger partial charge in [0.1, 0.15) is 24.2 Å². The molecule has 0 unspecified atom stereocenters. The van der Waals surface area contributed by atoms with Crippen LogP contribution in [0.25, 0.3) is 0 Å². The molecule has 6 nitrogen and oxygen atoms in total. The van der Waals surface area contributed by atoms with E-state index in [-0.39, 0.29) is 17.6 Å². The molecule has 3 aromatic rings. The topological polar surface area (TPSA) is 60.8 Å². The van der Waals surface area contributed by atoms with Gasteiger partial charge in [-0.1, -0.05) is 42.5 Å². The molecule has 6 heteroatoms. The molecule has 1 saturated heterocycles. The van der Waals surface area contributed by atoms with Crippen LogP contribution in [0.4, 0.5) is 0 Å². The van der Waals surface area contributed by atoms with Gasteiger partial charge in [0.25, 0.3) is 5.56 Å². The summed E-state index contributed by atoms with van der Waals surface area (Å²) < 4.78 is 13.2. The number of carbonyl (C=O) groups is 1. The number of hydrogen-bond donors (Lipinski definition) is 0. The summed E-state index contributed by atoms with van der Waals surface area (Å²) in [5.41, 5.74) is 2.98. The summed E-state index contributed by atoms with van der Waals surface area (Å²) in [6.07, 6.45) is 1.09. The van der Waals surface area contributed by atoms with Gasteiger partial charge in [-0.25, -0.2) is 0 Å². The van der Waals surface area contributed by atoms with E-state index < -0.39 is 0 Å². The minimum atomic E-state index is -0.0938. The highest BCUT2D eigenvalue weighted by Crippen LogP contribution is 2.20. The number of aromatic nitrogens is 1. The molecule has 2 heterocycles. The number of pyridine rings is 1. The maximum Gasteiger partial charge on any atom is 0.254 e. The number of likely N-dealkylation sites (tertiary alicyclic amines) is 1. The lowest BCUT2D eigenvalue weighted by molar-refractivity contribution is -0.139. The van der Waals surface area contributed by atoms with Gasteiger partial charge >= 0.3 is 0 Å². The quantitative estimate of drug-likeness (QED) is 0.547. The van der Waals surface area contributed by atoms with Gasteiger partial charge in [0.2, 0.25) is 5.91 Å². The highest BCUT2D eigenvalue weighted by molar-refractivity contribution is 5.77. The average molecular weight is 433 g/mol. The molecule has 1 aliphatic heterocycles. The minimum absolute atomic E-state index is 0.0634. The Hall–Kier alpha value is -3.54. The van der Waals surface area contributed by atoms with E-state index in [0.29, 0.717) is 38.3 Å². The average Bonchev–Trinajstić information content (AvgIpc) is 2.78. The predicted molar refractivity (Wildman–Crippen MR) is 123 cm³/mol. The van der Waals surface area contributed by atoms with Crippen LogP contribution in [0.2, 0.25) is 0 Å². The fourth-order valence-corrected chi connectivity index (χ4v) is 3.62. The third kappa shape index (κ3) is 5.38. The van der Waals surface area contributed by atoms with Crippen LogP contribution in [0.15, 0.2) is 71.5 Å². The van der Waals surface area contributed by atoms with E-state index >= 15 is 0 Å². The summed E-state index contributed by atoms with van der Waals surface area (Å²) in [6, 6.07) is 21.3. The van der Waals surface area contributed by atoms with Crippen LogP contribution in [0.3, 0.4) is 0 Å². The van der Waals surface area contributed by atoms with E-state index in [2.05, 4.69) is 0 Å². The third-order valence-corrected chi connectivity index (χ3v) is 5.78. The summed E-state index contributed by atoms with van der Waals surface area (Å²) in [7, 11) is 1.73. The number of aryl methyl sites for hydroxylation is 2. The van der Waals surface area contributed by atoms with Crippen LogP contribution in [0, 0.1) is 6.92 Å². The lowest BCUT2D eigenvalue weighted by atomic mass is 10.1. The Labute approximate surface area is 188 Å². The number of hydrogen-bond acceptors (Lipinski definition) is 4. The number of nitrogens with zero attached hydrogens (tertiary/aromatic N) is 2. The fraction of sp³-hybridized carbons (Fsp3) is 0.308. The monoisotopic (exact) mass is 432 g/mol. The Kier molecular flexibility index (Phi) is 6.59. The molecule has 0 N–H and O–H groups in total. The molecule has 1 fully saturated rings. The lowest BCUT2D eigenvalue weighted by Gasteiger charge is -2.39.